The van der Waals surface area contributed by atoms with E-state index in [1.807, 2.05) is 67.7 Å². The summed E-state index contributed by atoms with van der Waals surface area (Å²) in [7, 11) is 0. The fourth-order valence-corrected chi connectivity index (χ4v) is 3.42. The number of amides is 2. The third-order valence-corrected chi connectivity index (χ3v) is 4.94. The topological polar surface area (TPSA) is 57.3 Å². The van der Waals surface area contributed by atoms with E-state index in [-0.39, 0.29) is 6.03 Å². The normalized spacial score (nSPS) is 13.4. The zero-order chi connectivity index (χ0) is 19.3. The predicted octanol–water partition coefficient (Wildman–Crippen LogP) is 5.30. The number of rotatable bonds is 4. The van der Waals surface area contributed by atoms with Crippen LogP contribution in [0.25, 0.3) is 11.1 Å². The van der Waals surface area contributed by atoms with Crippen molar-refractivity contribution >= 4 is 23.2 Å². The number of aromatic nitrogens is 1. The highest BCUT2D eigenvalue weighted by Crippen LogP contribution is 2.27. The van der Waals surface area contributed by atoms with Crippen LogP contribution in [0.4, 0.5) is 22.0 Å². The molecule has 1 aliphatic heterocycles. The summed E-state index contributed by atoms with van der Waals surface area (Å²) in [6.45, 7) is 4.15. The minimum atomic E-state index is -0.256. The quantitative estimate of drug-likeness (QED) is 0.653. The van der Waals surface area contributed by atoms with E-state index in [1.54, 1.807) is 0 Å². The first-order valence-electron chi connectivity index (χ1n) is 9.63. The Bertz CT molecular complexity index is 962. The number of aryl methyl sites for hydroxylation is 1. The highest BCUT2D eigenvalue weighted by atomic mass is 16.2. The molecule has 28 heavy (non-hydrogen) atoms. The molecule has 0 saturated carbocycles. The van der Waals surface area contributed by atoms with Crippen LogP contribution in [0.5, 0.6) is 0 Å². The number of carbonyl (C=O) groups is 1. The maximum atomic E-state index is 12.3. The van der Waals surface area contributed by atoms with Crippen molar-refractivity contribution in [2.75, 3.05) is 28.6 Å². The van der Waals surface area contributed by atoms with Gasteiger partial charge in [0.2, 0.25) is 0 Å². The van der Waals surface area contributed by atoms with E-state index >= 15 is 0 Å². The standard InChI is InChI=1S/C23H24N4O/c1-17-7-9-20(10-8-17)25-23(28)26-21-6-4-5-18(15-21)19-11-12-24-22(16-19)27-13-2-3-14-27/h4-12,15-16H,2-3,13-14H2,1H3,(H2,25,26,28). The molecule has 1 saturated heterocycles. The second kappa shape index (κ2) is 8.13. The van der Waals surface area contributed by atoms with Gasteiger partial charge in [0.05, 0.1) is 0 Å². The van der Waals surface area contributed by atoms with Gasteiger partial charge in [-0.3, -0.25) is 0 Å². The average Bonchev–Trinajstić information content (AvgIpc) is 3.25. The average molecular weight is 372 g/mol. The minimum absolute atomic E-state index is 0.256. The van der Waals surface area contributed by atoms with Gasteiger partial charge in [0.25, 0.3) is 0 Å². The molecule has 0 unspecified atom stereocenters. The summed E-state index contributed by atoms with van der Waals surface area (Å²) in [6, 6.07) is 19.5. The minimum Gasteiger partial charge on any atom is -0.357 e. The Morgan fingerprint density at radius 2 is 1.61 bits per heavy atom. The van der Waals surface area contributed by atoms with Crippen molar-refractivity contribution in [3.05, 3.63) is 72.4 Å². The van der Waals surface area contributed by atoms with Crippen molar-refractivity contribution in [1.82, 2.24) is 4.98 Å². The molecule has 1 aromatic heterocycles. The SMILES string of the molecule is Cc1ccc(NC(=O)Nc2cccc(-c3ccnc(N4CCCC4)c3)c2)cc1. The zero-order valence-corrected chi connectivity index (χ0v) is 16.0. The number of hydrogen-bond acceptors (Lipinski definition) is 3. The molecule has 2 aromatic carbocycles. The number of benzene rings is 2. The fraction of sp³-hybridized carbons (Fsp3) is 0.217. The van der Waals surface area contributed by atoms with Crippen molar-refractivity contribution in [2.45, 2.75) is 19.8 Å². The van der Waals surface area contributed by atoms with E-state index in [1.165, 1.54) is 12.8 Å². The maximum Gasteiger partial charge on any atom is 0.323 e. The van der Waals surface area contributed by atoms with Crippen molar-refractivity contribution in [1.29, 1.82) is 0 Å². The predicted molar refractivity (Wildman–Crippen MR) is 115 cm³/mol. The molecule has 1 fully saturated rings. The Kier molecular flexibility index (Phi) is 5.24. The Labute approximate surface area is 165 Å². The molecular weight excluding hydrogens is 348 g/mol. The Hall–Kier alpha value is -3.34. The summed E-state index contributed by atoms with van der Waals surface area (Å²) in [4.78, 5) is 19.1. The summed E-state index contributed by atoms with van der Waals surface area (Å²) in [6.07, 6.45) is 4.30. The van der Waals surface area contributed by atoms with Crippen LogP contribution in [0.15, 0.2) is 66.9 Å². The summed E-state index contributed by atoms with van der Waals surface area (Å²) >= 11 is 0. The van der Waals surface area contributed by atoms with Gasteiger partial charge in [-0.2, -0.15) is 0 Å². The van der Waals surface area contributed by atoms with Crippen molar-refractivity contribution < 1.29 is 4.79 Å². The van der Waals surface area contributed by atoms with Crippen LogP contribution in [0.2, 0.25) is 0 Å². The molecule has 5 heteroatoms. The van der Waals surface area contributed by atoms with Crippen molar-refractivity contribution in [2.24, 2.45) is 0 Å². The summed E-state index contributed by atoms with van der Waals surface area (Å²) in [5, 5.41) is 5.77. The van der Waals surface area contributed by atoms with E-state index in [4.69, 9.17) is 0 Å². The number of nitrogens with one attached hydrogen (secondary N) is 2. The van der Waals surface area contributed by atoms with Gasteiger partial charge in [-0.05, 0) is 67.3 Å². The van der Waals surface area contributed by atoms with Gasteiger partial charge in [-0.25, -0.2) is 9.78 Å². The molecule has 5 nitrogen and oxygen atoms in total. The van der Waals surface area contributed by atoms with Crippen molar-refractivity contribution in [3.8, 4) is 11.1 Å². The van der Waals surface area contributed by atoms with E-state index in [9.17, 15) is 4.79 Å². The summed E-state index contributed by atoms with van der Waals surface area (Å²) < 4.78 is 0. The second-order valence-corrected chi connectivity index (χ2v) is 7.12. The molecule has 3 aromatic rings. The lowest BCUT2D eigenvalue weighted by molar-refractivity contribution is 0.262. The molecule has 0 aliphatic carbocycles. The van der Waals surface area contributed by atoms with Crippen molar-refractivity contribution in [3.63, 3.8) is 0 Å². The molecule has 4 rings (SSSR count). The van der Waals surface area contributed by atoms with Crippen LogP contribution in [-0.2, 0) is 0 Å². The molecule has 1 aliphatic rings. The zero-order valence-electron chi connectivity index (χ0n) is 16.0. The Balaban J connectivity index is 1.47. The maximum absolute atomic E-state index is 12.3. The van der Waals surface area contributed by atoms with E-state index < -0.39 is 0 Å². The lowest BCUT2D eigenvalue weighted by atomic mass is 10.1. The summed E-state index contributed by atoms with van der Waals surface area (Å²) in [5.41, 5.74) is 4.82. The smallest absolute Gasteiger partial charge is 0.323 e. The number of anilines is 3. The lowest BCUT2D eigenvalue weighted by Crippen LogP contribution is -2.19. The molecule has 2 amide bonds. The van der Waals surface area contributed by atoms with E-state index in [0.717, 1.165) is 47.0 Å². The Morgan fingerprint density at radius 1 is 0.893 bits per heavy atom. The van der Waals surface area contributed by atoms with Gasteiger partial charge in [-0.1, -0.05) is 29.8 Å². The van der Waals surface area contributed by atoms with E-state index in [2.05, 4.69) is 26.6 Å². The van der Waals surface area contributed by atoms with Crippen LogP contribution < -0.4 is 15.5 Å². The second-order valence-electron chi connectivity index (χ2n) is 7.12. The fourth-order valence-electron chi connectivity index (χ4n) is 3.42. The Morgan fingerprint density at radius 3 is 2.39 bits per heavy atom. The van der Waals surface area contributed by atoms with Gasteiger partial charge >= 0.3 is 6.03 Å². The third kappa shape index (κ3) is 4.31. The molecule has 0 spiro atoms. The summed E-state index contributed by atoms with van der Waals surface area (Å²) in [5.74, 6) is 1.02. The number of pyridine rings is 1. The van der Waals surface area contributed by atoms with Gasteiger partial charge in [0, 0.05) is 30.7 Å². The highest BCUT2D eigenvalue weighted by molar-refractivity contribution is 6.00. The molecule has 0 atom stereocenters. The molecule has 142 valence electrons. The highest BCUT2D eigenvalue weighted by Gasteiger charge is 2.14. The van der Waals surface area contributed by atoms with Gasteiger partial charge in [-0.15, -0.1) is 0 Å². The van der Waals surface area contributed by atoms with Crippen LogP contribution >= 0.6 is 0 Å². The first-order valence-corrected chi connectivity index (χ1v) is 9.63. The van der Waals surface area contributed by atoms with E-state index in [0.29, 0.717) is 0 Å². The number of carbonyl (C=O) groups excluding carboxylic acids is 1. The number of nitrogens with zero attached hydrogens (tertiary/aromatic N) is 2. The van der Waals surface area contributed by atoms with Gasteiger partial charge in [0.15, 0.2) is 0 Å². The number of hydrogen-bond donors (Lipinski definition) is 2. The molecule has 0 radical (unpaired) electrons. The molecule has 0 bridgehead atoms. The largest absolute Gasteiger partial charge is 0.357 e. The molecule has 2 N–H and O–H groups in total. The monoisotopic (exact) mass is 372 g/mol. The third-order valence-electron chi connectivity index (χ3n) is 4.94. The first-order chi connectivity index (χ1) is 13.7. The first kappa shape index (κ1) is 18.0. The van der Waals surface area contributed by atoms with Crippen LogP contribution in [-0.4, -0.2) is 24.1 Å². The van der Waals surface area contributed by atoms with Crippen LogP contribution in [0.1, 0.15) is 18.4 Å². The van der Waals surface area contributed by atoms with Gasteiger partial charge < -0.3 is 15.5 Å². The molecular formula is C23H24N4O. The van der Waals surface area contributed by atoms with Crippen LogP contribution in [0, 0.1) is 6.92 Å². The van der Waals surface area contributed by atoms with Crippen LogP contribution in [0.3, 0.4) is 0 Å². The lowest BCUT2D eigenvalue weighted by Gasteiger charge is -2.17. The molecule has 2 heterocycles. The van der Waals surface area contributed by atoms with Gasteiger partial charge in [0.1, 0.15) is 5.82 Å². The number of urea groups is 1.